The minimum atomic E-state index is -1.49. The van der Waals surface area contributed by atoms with Crippen molar-refractivity contribution in [2.45, 2.75) is 38.3 Å². The summed E-state index contributed by atoms with van der Waals surface area (Å²) in [7, 11) is 0. The molecule has 4 atom stereocenters. The number of benzene rings is 2. The van der Waals surface area contributed by atoms with E-state index in [4.69, 9.17) is 0 Å². The van der Waals surface area contributed by atoms with Gasteiger partial charge in [0.2, 0.25) is 11.8 Å². The molecule has 2 fully saturated rings. The number of carbonyl (C=O) groups is 3. The monoisotopic (exact) mass is 432 g/mol. The first-order chi connectivity index (χ1) is 15.4. The van der Waals surface area contributed by atoms with Crippen LogP contribution in [0, 0.1) is 11.8 Å². The van der Waals surface area contributed by atoms with Crippen molar-refractivity contribution in [2.24, 2.45) is 11.8 Å². The second kappa shape index (κ2) is 8.71. The van der Waals surface area contributed by atoms with Crippen molar-refractivity contribution in [3.05, 3.63) is 71.3 Å². The number of nitrogens with zero attached hydrogens (tertiary/aromatic N) is 1. The summed E-state index contributed by atoms with van der Waals surface area (Å²) >= 11 is 0. The van der Waals surface area contributed by atoms with Gasteiger partial charge in [0.1, 0.15) is 5.54 Å². The number of unbranched alkanes of at least 4 members (excludes halogenated alkanes) is 1. The topological polar surface area (TPSA) is 86.7 Å². The van der Waals surface area contributed by atoms with Gasteiger partial charge >= 0.3 is 5.97 Å². The summed E-state index contributed by atoms with van der Waals surface area (Å²) in [5, 5.41) is 13.0. The van der Waals surface area contributed by atoms with Crippen LogP contribution in [0.4, 0.5) is 0 Å². The molecular weight excluding hydrogens is 404 g/mol. The molecule has 2 amide bonds. The minimum absolute atomic E-state index is 0.274. The van der Waals surface area contributed by atoms with Gasteiger partial charge in [0, 0.05) is 12.6 Å². The van der Waals surface area contributed by atoms with E-state index in [1.54, 1.807) is 0 Å². The molecule has 0 radical (unpaired) electrons. The predicted molar refractivity (Wildman–Crippen MR) is 122 cm³/mol. The Kier molecular flexibility index (Phi) is 5.98. The molecular formula is C26H28N2O4. The van der Waals surface area contributed by atoms with Crippen LogP contribution in [-0.4, -0.2) is 39.9 Å². The molecule has 2 aromatic carbocycles. The number of rotatable bonds is 7. The van der Waals surface area contributed by atoms with Gasteiger partial charge in [0.25, 0.3) is 0 Å². The predicted octanol–water partition coefficient (Wildman–Crippen LogP) is 3.75. The SMILES string of the molecule is CCCCN1C(=O)C2C(c3ccc(/C=C/c4ccccc4)cc3)NC(C)(C(=O)O)C2C1=O. The highest BCUT2D eigenvalue weighted by Crippen LogP contribution is 2.48. The highest BCUT2D eigenvalue weighted by atomic mass is 16.4. The number of fused-ring (bicyclic) bond motifs is 1. The van der Waals surface area contributed by atoms with Crippen LogP contribution in [0.1, 0.15) is 49.4 Å². The quantitative estimate of drug-likeness (QED) is 0.514. The van der Waals surface area contributed by atoms with Gasteiger partial charge in [0.15, 0.2) is 0 Å². The lowest BCUT2D eigenvalue weighted by atomic mass is 9.80. The third-order valence-electron chi connectivity index (χ3n) is 6.62. The van der Waals surface area contributed by atoms with Crippen molar-refractivity contribution in [2.75, 3.05) is 6.54 Å². The molecule has 4 rings (SSSR count). The molecule has 2 aliphatic heterocycles. The number of amides is 2. The normalized spacial score (nSPS) is 27.3. The van der Waals surface area contributed by atoms with E-state index in [0.29, 0.717) is 13.0 Å². The van der Waals surface area contributed by atoms with Gasteiger partial charge in [-0.3, -0.25) is 24.6 Å². The number of imide groups is 1. The number of hydrogen-bond acceptors (Lipinski definition) is 4. The molecule has 2 heterocycles. The second-order valence-electron chi connectivity index (χ2n) is 8.73. The molecule has 0 aliphatic carbocycles. The van der Waals surface area contributed by atoms with Crippen molar-refractivity contribution in [1.29, 1.82) is 0 Å². The Morgan fingerprint density at radius 3 is 2.25 bits per heavy atom. The molecule has 6 nitrogen and oxygen atoms in total. The Bertz CT molecular complexity index is 1050. The first-order valence-corrected chi connectivity index (χ1v) is 11.1. The fraction of sp³-hybridized carbons (Fsp3) is 0.346. The van der Waals surface area contributed by atoms with E-state index in [1.165, 1.54) is 11.8 Å². The van der Waals surface area contributed by atoms with Crippen molar-refractivity contribution in [1.82, 2.24) is 10.2 Å². The highest BCUT2D eigenvalue weighted by Gasteiger charge is 2.66. The average molecular weight is 433 g/mol. The number of carboxylic acid groups (broad SMARTS) is 1. The van der Waals surface area contributed by atoms with Crippen LogP contribution >= 0.6 is 0 Å². The minimum Gasteiger partial charge on any atom is -0.480 e. The third kappa shape index (κ3) is 3.75. The van der Waals surface area contributed by atoms with E-state index in [-0.39, 0.29) is 11.8 Å². The van der Waals surface area contributed by atoms with Gasteiger partial charge in [-0.2, -0.15) is 0 Å². The Labute approximate surface area is 187 Å². The van der Waals surface area contributed by atoms with Gasteiger partial charge in [0.05, 0.1) is 11.8 Å². The maximum Gasteiger partial charge on any atom is 0.324 e. The van der Waals surface area contributed by atoms with E-state index in [0.717, 1.165) is 23.1 Å². The number of likely N-dealkylation sites (tertiary alicyclic amines) is 1. The smallest absolute Gasteiger partial charge is 0.324 e. The maximum absolute atomic E-state index is 13.2. The van der Waals surface area contributed by atoms with Crippen LogP contribution in [0.15, 0.2) is 54.6 Å². The van der Waals surface area contributed by atoms with Crippen molar-refractivity contribution < 1.29 is 19.5 Å². The largest absolute Gasteiger partial charge is 0.480 e. The van der Waals surface area contributed by atoms with Crippen LogP contribution in [0.5, 0.6) is 0 Å². The molecule has 166 valence electrons. The maximum atomic E-state index is 13.2. The Hall–Kier alpha value is -3.25. The van der Waals surface area contributed by atoms with Crippen molar-refractivity contribution >= 4 is 29.9 Å². The summed E-state index contributed by atoms with van der Waals surface area (Å²) in [5.41, 5.74) is 1.40. The molecule has 0 aromatic heterocycles. The molecule has 32 heavy (non-hydrogen) atoms. The van der Waals surface area contributed by atoms with Gasteiger partial charge < -0.3 is 5.11 Å². The molecule has 2 saturated heterocycles. The Morgan fingerprint density at radius 2 is 1.66 bits per heavy atom. The van der Waals surface area contributed by atoms with Crippen LogP contribution in [0.3, 0.4) is 0 Å². The number of hydrogen-bond donors (Lipinski definition) is 2. The zero-order valence-corrected chi connectivity index (χ0v) is 18.3. The van der Waals surface area contributed by atoms with Crippen LogP contribution in [-0.2, 0) is 14.4 Å². The standard InChI is InChI=1S/C26H28N2O4/c1-3-4-16-28-23(29)20-21(24(28)30)26(2,25(31)32)27-22(20)19-14-12-18(13-15-19)11-10-17-8-6-5-7-9-17/h5-15,20-22,27H,3-4,16H2,1-2H3,(H,31,32)/b11-10+. The lowest BCUT2D eigenvalue weighted by molar-refractivity contribution is -0.150. The summed E-state index contributed by atoms with van der Waals surface area (Å²) in [5.74, 6) is -3.39. The van der Waals surface area contributed by atoms with Gasteiger partial charge in [-0.15, -0.1) is 0 Å². The van der Waals surface area contributed by atoms with E-state index in [1.807, 2.05) is 73.7 Å². The molecule has 6 heteroatoms. The Balaban J connectivity index is 1.61. The summed E-state index contributed by atoms with van der Waals surface area (Å²) in [6, 6.07) is 17.1. The fourth-order valence-electron chi connectivity index (χ4n) is 4.79. The fourth-order valence-corrected chi connectivity index (χ4v) is 4.79. The first kappa shape index (κ1) is 22.0. The van der Waals surface area contributed by atoms with Gasteiger partial charge in [-0.1, -0.05) is 80.1 Å². The van der Waals surface area contributed by atoms with Crippen LogP contribution in [0.25, 0.3) is 12.2 Å². The zero-order chi connectivity index (χ0) is 22.9. The van der Waals surface area contributed by atoms with Crippen molar-refractivity contribution in [3.63, 3.8) is 0 Å². The summed E-state index contributed by atoms with van der Waals surface area (Å²) < 4.78 is 0. The molecule has 0 bridgehead atoms. The summed E-state index contributed by atoms with van der Waals surface area (Å²) in [6.45, 7) is 3.84. The number of aliphatic carboxylic acids is 1. The zero-order valence-electron chi connectivity index (χ0n) is 18.3. The number of nitrogens with one attached hydrogen (secondary N) is 1. The van der Waals surface area contributed by atoms with Crippen molar-refractivity contribution in [3.8, 4) is 0 Å². The van der Waals surface area contributed by atoms with E-state index >= 15 is 0 Å². The Morgan fingerprint density at radius 1 is 1.03 bits per heavy atom. The van der Waals surface area contributed by atoms with Crippen LogP contribution < -0.4 is 5.32 Å². The molecule has 2 N–H and O–H groups in total. The molecule has 2 aliphatic rings. The molecule has 4 unspecified atom stereocenters. The molecule has 2 aromatic rings. The number of carboxylic acids is 1. The van der Waals surface area contributed by atoms with E-state index < -0.39 is 29.4 Å². The molecule has 0 spiro atoms. The molecule has 0 saturated carbocycles. The third-order valence-corrected chi connectivity index (χ3v) is 6.62. The van der Waals surface area contributed by atoms with Crippen LogP contribution in [0.2, 0.25) is 0 Å². The summed E-state index contributed by atoms with van der Waals surface area (Å²) in [4.78, 5) is 39.7. The highest BCUT2D eigenvalue weighted by molar-refractivity contribution is 6.09. The lowest BCUT2D eigenvalue weighted by Crippen LogP contribution is -2.53. The summed E-state index contributed by atoms with van der Waals surface area (Å²) in [6.07, 6.45) is 5.58. The van der Waals surface area contributed by atoms with E-state index in [2.05, 4.69) is 5.32 Å². The van der Waals surface area contributed by atoms with E-state index in [9.17, 15) is 19.5 Å². The first-order valence-electron chi connectivity index (χ1n) is 11.1. The lowest BCUT2D eigenvalue weighted by Gasteiger charge is -2.27. The van der Waals surface area contributed by atoms with Gasteiger partial charge in [-0.05, 0) is 30.0 Å². The second-order valence-corrected chi connectivity index (χ2v) is 8.73. The number of carbonyl (C=O) groups excluding carboxylic acids is 2. The average Bonchev–Trinajstić information content (AvgIpc) is 3.25. The van der Waals surface area contributed by atoms with Gasteiger partial charge in [-0.25, -0.2) is 0 Å².